The zero-order valence-corrected chi connectivity index (χ0v) is 19.9. The van der Waals surface area contributed by atoms with Crippen molar-refractivity contribution in [3.8, 4) is 0 Å². The predicted molar refractivity (Wildman–Crippen MR) is 102 cm³/mol. The first-order chi connectivity index (χ1) is 13.4. The van der Waals surface area contributed by atoms with Crippen LogP contribution in [-0.2, 0) is 28.5 Å². The molecule has 28 heavy (non-hydrogen) atoms. The number of carbonyl (C=O) groups excluding carboxylic acids is 4. The van der Waals surface area contributed by atoms with Gasteiger partial charge in [-0.3, -0.25) is 0 Å². The number of esters is 2. The van der Waals surface area contributed by atoms with Crippen molar-refractivity contribution in [1.29, 1.82) is 0 Å². The third-order valence-corrected chi connectivity index (χ3v) is 9.93. The molecule has 0 saturated heterocycles. The molecule has 0 aromatic heterocycles. The topological polar surface area (TPSA) is 129 Å². The second-order valence-corrected chi connectivity index (χ2v) is 12.4. The molecule has 0 fully saturated rings. The van der Waals surface area contributed by atoms with E-state index in [-0.39, 0.29) is 52.7 Å². The van der Waals surface area contributed by atoms with Crippen LogP contribution in [0.5, 0.6) is 0 Å². The van der Waals surface area contributed by atoms with Crippen molar-refractivity contribution in [3.63, 3.8) is 0 Å². The van der Waals surface area contributed by atoms with Gasteiger partial charge in [0.15, 0.2) is 0 Å². The first kappa shape index (κ1) is 26.5. The Kier molecular flexibility index (Phi) is 15.6. The quantitative estimate of drug-likeness (QED) is 0.151. The molecule has 2 unspecified atom stereocenters. The van der Waals surface area contributed by atoms with Crippen LogP contribution in [-0.4, -0.2) is 88.9 Å². The van der Waals surface area contributed by atoms with Gasteiger partial charge in [-0.05, 0) is 0 Å². The fraction of sp³-hybridized carbons (Fsp3) is 0.750. The van der Waals surface area contributed by atoms with E-state index in [1.165, 1.54) is 0 Å². The Labute approximate surface area is 176 Å². The summed E-state index contributed by atoms with van der Waals surface area (Å²) in [5.41, 5.74) is 0. The first-order valence-corrected chi connectivity index (χ1v) is 15.6. The van der Waals surface area contributed by atoms with E-state index in [2.05, 4.69) is 10.6 Å². The fourth-order valence-corrected chi connectivity index (χ4v) is 8.65. The van der Waals surface area contributed by atoms with Gasteiger partial charge >= 0.3 is 176 Å². The van der Waals surface area contributed by atoms with Crippen molar-refractivity contribution in [2.24, 2.45) is 0 Å². The summed E-state index contributed by atoms with van der Waals surface area (Å²) in [5, 5.41) is 5.76. The van der Waals surface area contributed by atoms with Crippen molar-refractivity contribution >= 4 is 50.4 Å². The summed E-state index contributed by atoms with van der Waals surface area (Å²) in [5.74, 6) is -1.06. The Morgan fingerprint density at radius 1 is 0.643 bits per heavy atom. The summed E-state index contributed by atoms with van der Waals surface area (Å²) in [4.78, 5) is 47.2. The predicted octanol–water partition coefficient (Wildman–Crippen LogP) is 0.502. The van der Waals surface area contributed by atoms with E-state index < -0.39 is 36.2 Å². The van der Waals surface area contributed by atoms with Crippen LogP contribution in [0, 0.1) is 0 Å². The Bertz CT molecular complexity index is 463. The molecule has 0 aromatic rings. The molecule has 0 radical (unpaired) electrons. The monoisotopic (exact) mass is 536 g/mol. The molecular formula is C16H28N2O8Se2. The molecule has 2 N–H and O–H groups in total. The zero-order chi connectivity index (χ0) is 21.4. The van der Waals surface area contributed by atoms with Gasteiger partial charge in [0, 0.05) is 0 Å². The molecule has 0 rings (SSSR count). The van der Waals surface area contributed by atoms with Crippen LogP contribution in [0.2, 0.25) is 10.6 Å². The van der Waals surface area contributed by atoms with E-state index in [1.54, 1.807) is 27.7 Å². The van der Waals surface area contributed by atoms with Crippen molar-refractivity contribution in [1.82, 2.24) is 10.6 Å². The number of alkyl carbamates (subject to hydrolysis) is 2. The standard InChI is InChI=1S/C16H28N2O8Se2/c1-5-23-13(19)11(17-15(21)25-7-3)9-27-28-10-12(14(20)24-6-2)18-16(22)26-8-4/h11-12H,5-10H2,1-4H3,(H,17,21)(H,18,22). The summed E-state index contributed by atoms with van der Waals surface area (Å²) in [6.45, 7) is 7.47. The zero-order valence-electron chi connectivity index (χ0n) is 16.5. The van der Waals surface area contributed by atoms with Crippen LogP contribution in [0.15, 0.2) is 0 Å². The van der Waals surface area contributed by atoms with Gasteiger partial charge in [-0.2, -0.15) is 0 Å². The van der Waals surface area contributed by atoms with Gasteiger partial charge in [0.25, 0.3) is 0 Å². The molecule has 12 heteroatoms. The van der Waals surface area contributed by atoms with Gasteiger partial charge in [0.05, 0.1) is 0 Å². The molecular weight excluding hydrogens is 506 g/mol. The van der Waals surface area contributed by atoms with Crippen LogP contribution in [0.3, 0.4) is 0 Å². The molecule has 2 amide bonds. The molecule has 2 atom stereocenters. The van der Waals surface area contributed by atoms with E-state index in [0.717, 1.165) is 0 Å². The van der Waals surface area contributed by atoms with Crippen LogP contribution >= 0.6 is 0 Å². The number of rotatable bonds is 13. The van der Waals surface area contributed by atoms with E-state index in [4.69, 9.17) is 18.9 Å². The molecule has 10 nitrogen and oxygen atoms in total. The normalized spacial score (nSPS) is 12.3. The summed E-state index contributed by atoms with van der Waals surface area (Å²) >= 11 is -0.101. The maximum absolute atomic E-state index is 12.0. The number of hydrogen-bond donors (Lipinski definition) is 2. The Morgan fingerprint density at radius 2 is 0.964 bits per heavy atom. The van der Waals surface area contributed by atoms with Crippen LogP contribution < -0.4 is 10.6 Å². The fourth-order valence-electron chi connectivity index (χ4n) is 1.69. The molecule has 0 aliphatic heterocycles. The molecule has 0 bridgehead atoms. The van der Waals surface area contributed by atoms with E-state index in [1.807, 2.05) is 0 Å². The van der Waals surface area contributed by atoms with Gasteiger partial charge in [-0.25, -0.2) is 0 Å². The molecule has 0 aliphatic carbocycles. The summed E-state index contributed by atoms with van der Waals surface area (Å²) < 4.78 is 19.5. The Hall–Kier alpha value is -1.48. The second kappa shape index (κ2) is 16.5. The maximum atomic E-state index is 12.0. The summed E-state index contributed by atoms with van der Waals surface area (Å²) in [6, 6.07) is -1.61. The molecule has 162 valence electrons. The Morgan fingerprint density at radius 3 is 1.25 bits per heavy atom. The number of hydrogen-bond acceptors (Lipinski definition) is 8. The average molecular weight is 534 g/mol. The van der Waals surface area contributed by atoms with Gasteiger partial charge in [0.1, 0.15) is 0 Å². The van der Waals surface area contributed by atoms with Crippen molar-refractivity contribution in [3.05, 3.63) is 0 Å². The van der Waals surface area contributed by atoms with E-state index in [0.29, 0.717) is 10.6 Å². The van der Waals surface area contributed by atoms with Gasteiger partial charge in [-0.15, -0.1) is 0 Å². The van der Waals surface area contributed by atoms with Gasteiger partial charge < -0.3 is 0 Å². The molecule has 0 aromatic carbocycles. The third-order valence-electron chi connectivity index (χ3n) is 2.83. The minimum atomic E-state index is -0.806. The molecule has 0 heterocycles. The van der Waals surface area contributed by atoms with Crippen LogP contribution in [0.1, 0.15) is 27.7 Å². The van der Waals surface area contributed by atoms with Crippen molar-refractivity contribution in [2.45, 2.75) is 50.4 Å². The van der Waals surface area contributed by atoms with Gasteiger partial charge in [0.2, 0.25) is 0 Å². The van der Waals surface area contributed by atoms with Gasteiger partial charge in [-0.1, -0.05) is 0 Å². The van der Waals surface area contributed by atoms with E-state index in [9.17, 15) is 19.2 Å². The number of carbonyl (C=O) groups is 4. The van der Waals surface area contributed by atoms with Crippen molar-refractivity contribution in [2.75, 3.05) is 26.4 Å². The number of ether oxygens (including phenoxy) is 4. The minimum absolute atomic E-state index is 0.0506. The van der Waals surface area contributed by atoms with Crippen LogP contribution in [0.25, 0.3) is 0 Å². The average Bonchev–Trinajstić information content (AvgIpc) is 2.63. The number of amides is 2. The molecule has 0 saturated carbocycles. The first-order valence-electron chi connectivity index (χ1n) is 8.83. The SMILES string of the molecule is CCOC(=O)NC(C[Se][Se]CC(NC(=O)OCC)C(=O)OCC)C(=O)OCC. The Balaban J connectivity index is 4.65. The molecule has 0 spiro atoms. The van der Waals surface area contributed by atoms with E-state index >= 15 is 0 Å². The molecule has 0 aliphatic rings. The summed E-state index contributed by atoms with van der Waals surface area (Å²) in [7, 11) is 0. The second-order valence-electron chi connectivity index (χ2n) is 4.91. The number of nitrogens with one attached hydrogen (secondary N) is 2. The third kappa shape index (κ3) is 12.1. The van der Waals surface area contributed by atoms with Crippen LogP contribution in [0.4, 0.5) is 9.59 Å². The summed E-state index contributed by atoms with van der Waals surface area (Å²) in [6.07, 6.45) is -1.37. The van der Waals surface area contributed by atoms with Crippen molar-refractivity contribution < 1.29 is 38.1 Å².